The average Bonchev–Trinajstić information content (AvgIpc) is 2.28. The van der Waals surface area contributed by atoms with Gasteiger partial charge in [0.1, 0.15) is 0 Å². The Bertz CT molecular complexity index is 421. The summed E-state index contributed by atoms with van der Waals surface area (Å²) in [5.41, 5.74) is 7.67. The van der Waals surface area contributed by atoms with Crippen molar-refractivity contribution in [3.8, 4) is 0 Å². The van der Waals surface area contributed by atoms with Gasteiger partial charge in [-0.3, -0.25) is 4.79 Å². The summed E-state index contributed by atoms with van der Waals surface area (Å²) in [5, 5.41) is 9.37. The van der Waals surface area contributed by atoms with Crippen LogP contribution < -0.4 is 5.73 Å². The number of benzene rings is 1. The molecule has 0 spiro atoms. The minimum absolute atomic E-state index is 0.389. The minimum Gasteiger partial charge on any atom is -0.481 e. The Labute approximate surface area is 108 Å². The normalized spacial score (nSPS) is 19.0. The van der Waals surface area contributed by atoms with Gasteiger partial charge in [0.25, 0.3) is 0 Å². The third kappa shape index (κ3) is 2.15. The van der Waals surface area contributed by atoms with Crippen LogP contribution in [-0.4, -0.2) is 11.1 Å². The predicted octanol–water partition coefficient (Wildman–Crippen LogP) is 2.89. The number of aryl methyl sites for hydroxylation is 1. The summed E-state index contributed by atoms with van der Waals surface area (Å²) in [5.74, 6) is -0.751. The number of carboxylic acids is 1. The lowest BCUT2D eigenvalue weighted by molar-refractivity contribution is -0.156. The summed E-state index contributed by atoms with van der Waals surface area (Å²) in [6.45, 7) is 2.15. The molecule has 2 rings (SSSR count). The fourth-order valence-electron chi connectivity index (χ4n) is 2.71. The van der Waals surface area contributed by atoms with Gasteiger partial charge in [0.2, 0.25) is 0 Å². The monoisotopic (exact) mass is 247 g/mol. The van der Waals surface area contributed by atoms with Crippen molar-refractivity contribution in [1.82, 2.24) is 0 Å². The summed E-state index contributed by atoms with van der Waals surface area (Å²) in [4.78, 5) is 11.4. The van der Waals surface area contributed by atoms with E-state index < -0.39 is 11.4 Å². The third-order valence-electron chi connectivity index (χ3n) is 4.14. The predicted molar refractivity (Wildman–Crippen MR) is 71.3 cm³/mol. The van der Waals surface area contributed by atoms with Crippen LogP contribution in [0.15, 0.2) is 24.3 Å². The molecule has 98 valence electrons. The highest BCUT2D eigenvalue weighted by molar-refractivity contribution is 5.77. The average molecular weight is 247 g/mol. The molecular weight excluding hydrogens is 226 g/mol. The van der Waals surface area contributed by atoms with Gasteiger partial charge in [0.15, 0.2) is 0 Å². The topological polar surface area (TPSA) is 63.3 Å². The van der Waals surface area contributed by atoms with E-state index in [2.05, 4.69) is 19.1 Å². The maximum Gasteiger partial charge on any atom is 0.311 e. The molecular formula is C15H21NO2. The summed E-state index contributed by atoms with van der Waals surface area (Å²) in [6, 6.07) is 7.70. The van der Waals surface area contributed by atoms with Gasteiger partial charge in [-0.15, -0.1) is 0 Å². The first-order valence-corrected chi connectivity index (χ1v) is 6.68. The molecule has 0 amide bonds. The molecule has 1 aliphatic rings. The fraction of sp³-hybridized carbons (Fsp3) is 0.533. The molecule has 18 heavy (non-hydrogen) atoms. The minimum atomic E-state index is -0.751. The van der Waals surface area contributed by atoms with Gasteiger partial charge in [0, 0.05) is 6.04 Å². The summed E-state index contributed by atoms with van der Waals surface area (Å²) in [6.07, 6.45) is 4.53. The van der Waals surface area contributed by atoms with E-state index in [1.807, 2.05) is 12.1 Å². The standard InChI is InChI=1S/C15H21NO2/c1-2-4-11-5-7-12(8-6-11)13(16)15(14(17)18)9-3-10-15/h5-8,13H,2-4,9-10,16H2,1H3,(H,17,18). The summed E-state index contributed by atoms with van der Waals surface area (Å²) >= 11 is 0. The van der Waals surface area contributed by atoms with E-state index in [1.54, 1.807) is 0 Å². The first-order chi connectivity index (χ1) is 8.60. The number of aliphatic carboxylic acids is 1. The number of carboxylic acid groups (broad SMARTS) is 1. The Morgan fingerprint density at radius 1 is 1.39 bits per heavy atom. The molecule has 0 heterocycles. The van der Waals surface area contributed by atoms with Gasteiger partial charge in [-0.25, -0.2) is 0 Å². The zero-order chi connectivity index (χ0) is 13.2. The molecule has 1 aromatic rings. The molecule has 1 saturated carbocycles. The van der Waals surface area contributed by atoms with Crippen LogP contribution in [-0.2, 0) is 11.2 Å². The second-order valence-electron chi connectivity index (χ2n) is 5.28. The van der Waals surface area contributed by atoms with Crippen molar-refractivity contribution in [2.45, 2.75) is 45.1 Å². The van der Waals surface area contributed by atoms with Crippen LogP contribution in [0.1, 0.15) is 49.8 Å². The maximum absolute atomic E-state index is 11.4. The van der Waals surface area contributed by atoms with E-state index in [9.17, 15) is 9.90 Å². The molecule has 1 aliphatic carbocycles. The smallest absolute Gasteiger partial charge is 0.311 e. The highest BCUT2D eigenvalue weighted by Crippen LogP contribution is 2.49. The summed E-state index contributed by atoms with van der Waals surface area (Å²) < 4.78 is 0. The molecule has 3 nitrogen and oxygen atoms in total. The maximum atomic E-state index is 11.4. The van der Waals surface area contributed by atoms with E-state index in [-0.39, 0.29) is 6.04 Å². The first-order valence-electron chi connectivity index (χ1n) is 6.68. The zero-order valence-corrected chi connectivity index (χ0v) is 10.9. The van der Waals surface area contributed by atoms with E-state index in [0.29, 0.717) is 12.8 Å². The van der Waals surface area contributed by atoms with Gasteiger partial charge < -0.3 is 10.8 Å². The van der Waals surface area contributed by atoms with Gasteiger partial charge in [-0.2, -0.15) is 0 Å². The lowest BCUT2D eigenvalue weighted by Gasteiger charge is -2.42. The molecule has 0 radical (unpaired) electrons. The number of nitrogens with two attached hydrogens (primary N) is 1. The Balaban J connectivity index is 2.17. The van der Waals surface area contributed by atoms with E-state index in [0.717, 1.165) is 24.8 Å². The number of hydrogen-bond acceptors (Lipinski definition) is 2. The van der Waals surface area contributed by atoms with Crippen molar-refractivity contribution in [2.24, 2.45) is 11.1 Å². The van der Waals surface area contributed by atoms with Crippen molar-refractivity contribution in [1.29, 1.82) is 0 Å². The van der Waals surface area contributed by atoms with Crippen LogP contribution in [0.3, 0.4) is 0 Å². The van der Waals surface area contributed by atoms with E-state index >= 15 is 0 Å². The molecule has 1 fully saturated rings. The van der Waals surface area contributed by atoms with Crippen LogP contribution in [0.25, 0.3) is 0 Å². The number of rotatable bonds is 5. The molecule has 0 aromatic heterocycles. The second kappa shape index (κ2) is 5.11. The van der Waals surface area contributed by atoms with Crippen LogP contribution in [0.2, 0.25) is 0 Å². The highest BCUT2D eigenvalue weighted by Gasteiger charge is 2.49. The van der Waals surface area contributed by atoms with Crippen molar-refractivity contribution in [3.05, 3.63) is 35.4 Å². The molecule has 1 unspecified atom stereocenters. The molecule has 1 aromatic carbocycles. The van der Waals surface area contributed by atoms with Crippen molar-refractivity contribution >= 4 is 5.97 Å². The molecule has 0 aliphatic heterocycles. The van der Waals surface area contributed by atoms with Gasteiger partial charge in [0.05, 0.1) is 5.41 Å². The Morgan fingerprint density at radius 2 is 2.00 bits per heavy atom. The molecule has 0 saturated heterocycles. The SMILES string of the molecule is CCCc1ccc(C(N)C2(C(=O)O)CCC2)cc1. The summed E-state index contributed by atoms with van der Waals surface area (Å²) in [7, 11) is 0. The zero-order valence-electron chi connectivity index (χ0n) is 10.9. The number of carbonyl (C=O) groups is 1. The van der Waals surface area contributed by atoms with Crippen molar-refractivity contribution in [2.75, 3.05) is 0 Å². The van der Waals surface area contributed by atoms with Crippen LogP contribution >= 0.6 is 0 Å². The fourth-order valence-corrected chi connectivity index (χ4v) is 2.71. The van der Waals surface area contributed by atoms with E-state index in [4.69, 9.17) is 5.73 Å². The van der Waals surface area contributed by atoms with Crippen LogP contribution in [0.5, 0.6) is 0 Å². The lowest BCUT2D eigenvalue weighted by Crippen LogP contribution is -2.46. The Hall–Kier alpha value is -1.35. The highest BCUT2D eigenvalue weighted by atomic mass is 16.4. The molecule has 3 N–H and O–H groups in total. The number of hydrogen-bond donors (Lipinski definition) is 2. The largest absolute Gasteiger partial charge is 0.481 e. The molecule has 1 atom stereocenters. The lowest BCUT2D eigenvalue weighted by atomic mass is 9.62. The second-order valence-corrected chi connectivity index (χ2v) is 5.28. The molecule has 3 heteroatoms. The first kappa shape index (κ1) is 13.1. The molecule has 0 bridgehead atoms. The van der Waals surface area contributed by atoms with Crippen molar-refractivity contribution < 1.29 is 9.90 Å². The Kier molecular flexibility index (Phi) is 3.71. The van der Waals surface area contributed by atoms with Gasteiger partial charge in [-0.1, -0.05) is 44.0 Å². The quantitative estimate of drug-likeness (QED) is 0.841. The van der Waals surface area contributed by atoms with Gasteiger partial charge >= 0.3 is 5.97 Å². The van der Waals surface area contributed by atoms with Gasteiger partial charge in [-0.05, 0) is 30.4 Å². The third-order valence-corrected chi connectivity index (χ3v) is 4.14. The van der Waals surface area contributed by atoms with Crippen molar-refractivity contribution in [3.63, 3.8) is 0 Å². The van der Waals surface area contributed by atoms with E-state index in [1.165, 1.54) is 5.56 Å². The Morgan fingerprint density at radius 3 is 2.39 bits per heavy atom. The van der Waals surface area contributed by atoms with Crippen LogP contribution in [0, 0.1) is 5.41 Å². The van der Waals surface area contributed by atoms with Crippen LogP contribution in [0.4, 0.5) is 0 Å².